The highest BCUT2D eigenvalue weighted by Gasteiger charge is 2.35. The van der Waals surface area contributed by atoms with Crippen LogP contribution in [0.25, 0.3) is 6.08 Å². The molecular weight excluding hydrogens is 461 g/mol. The van der Waals surface area contributed by atoms with Gasteiger partial charge >= 0.3 is 0 Å². The Hall–Kier alpha value is -2.82. The summed E-state index contributed by atoms with van der Waals surface area (Å²) in [5.41, 5.74) is 0.966. The lowest BCUT2D eigenvalue weighted by atomic mass is 10.00. The van der Waals surface area contributed by atoms with Gasteiger partial charge in [0.25, 0.3) is 5.91 Å². The molecule has 1 aliphatic rings. The number of pyridine rings is 1. The van der Waals surface area contributed by atoms with Crippen molar-refractivity contribution in [3.05, 3.63) is 59.5 Å². The first kappa shape index (κ1) is 25.8. The molecule has 0 aliphatic carbocycles. The number of rotatable bonds is 7. The molecule has 1 aliphatic heterocycles. The van der Waals surface area contributed by atoms with Gasteiger partial charge in [0, 0.05) is 25.7 Å². The molecule has 34 heavy (non-hydrogen) atoms. The summed E-state index contributed by atoms with van der Waals surface area (Å²) in [5, 5.41) is 9.74. The van der Waals surface area contributed by atoms with Gasteiger partial charge in [-0.25, -0.2) is 17.8 Å². The molecule has 0 bridgehead atoms. The number of halogens is 1. The highest BCUT2D eigenvalue weighted by atomic mass is 32.2. The van der Waals surface area contributed by atoms with Gasteiger partial charge in [-0.3, -0.25) is 4.79 Å². The molecule has 184 valence electrons. The minimum absolute atomic E-state index is 0.0197. The van der Waals surface area contributed by atoms with Gasteiger partial charge in [-0.15, -0.1) is 0 Å². The summed E-state index contributed by atoms with van der Waals surface area (Å²) < 4.78 is 46.6. The van der Waals surface area contributed by atoms with Crippen molar-refractivity contribution in [2.45, 2.75) is 37.8 Å². The van der Waals surface area contributed by atoms with Crippen LogP contribution in [0.5, 0.6) is 5.88 Å². The fourth-order valence-corrected chi connectivity index (χ4v) is 4.94. The number of sulfonamides is 1. The molecule has 8 nitrogen and oxygen atoms in total. The lowest BCUT2D eigenvalue weighted by molar-refractivity contribution is 0.0373. The zero-order valence-electron chi connectivity index (χ0n) is 19.7. The molecular formula is C24H30FN3O5S. The van der Waals surface area contributed by atoms with Crippen molar-refractivity contribution >= 4 is 22.0 Å². The van der Waals surface area contributed by atoms with Crippen LogP contribution in [-0.2, 0) is 10.0 Å². The average molecular weight is 492 g/mol. The van der Waals surface area contributed by atoms with Crippen LogP contribution in [0, 0.1) is 11.7 Å². The zero-order chi connectivity index (χ0) is 25.0. The van der Waals surface area contributed by atoms with E-state index in [-0.39, 0.29) is 47.9 Å². The second-order valence-electron chi connectivity index (χ2n) is 8.48. The lowest BCUT2D eigenvalue weighted by Crippen LogP contribution is -2.50. The third kappa shape index (κ3) is 5.45. The zero-order valence-corrected chi connectivity index (χ0v) is 20.5. The number of hydrogen-bond donors (Lipinski definition) is 1. The van der Waals surface area contributed by atoms with Gasteiger partial charge in [0.2, 0.25) is 15.9 Å². The summed E-state index contributed by atoms with van der Waals surface area (Å²) in [6, 6.07) is 5.84. The molecule has 0 spiro atoms. The maximum atomic E-state index is 13.3. The molecule has 0 fully saturated rings. The number of aliphatic hydroxyl groups excluding tert-OH is 1. The molecule has 2 heterocycles. The summed E-state index contributed by atoms with van der Waals surface area (Å²) in [6.45, 7) is 5.46. The van der Waals surface area contributed by atoms with Crippen molar-refractivity contribution in [1.82, 2.24) is 14.2 Å². The number of hydrogen-bond acceptors (Lipinski definition) is 6. The summed E-state index contributed by atoms with van der Waals surface area (Å²) in [7, 11) is -2.47. The normalized spacial score (nSPS) is 20.1. The number of fused-ring (bicyclic) bond motifs is 1. The number of aliphatic hydroxyl groups is 1. The number of allylic oxidation sites excluding steroid dienone is 1. The summed E-state index contributed by atoms with van der Waals surface area (Å²) >= 11 is 0. The molecule has 0 radical (unpaired) electrons. The number of carbonyl (C=O) groups is 1. The second kappa shape index (κ2) is 10.6. The van der Waals surface area contributed by atoms with Crippen molar-refractivity contribution in [2.24, 2.45) is 5.92 Å². The summed E-state index contributed by atoms with van der Waals surface area (Å²) in [4.78, 5) is 19.2. The number of nitrogens with zero attached hydrogens (tertiary/aromatic N) is 3. The number of ether oxygens (including phenoxy) is 1. The molecule has 1 amide bonds. The minimum Gasteiger partial charge on any atom is -0.472 e. The predicted octanol–water partition coefficient (Wildman–Crippen LogP) is 2.79. The van der Waals surface area contributed by atoms with Crippen molar-refractivity contribution < 1.29 is 27.4 Å². The van der Waals surface area contributed by atoms with E-state index in [0.717, 1.165) is 22.0 Å². The molecule has 2 aromatic rings. The average Bonchev–Trinajstić information content (AvgIpc) is 2.81. The largest absolute Gasteiger partial charge is 0.472 e. The third-order valence-corrected chi connectivity index (χ3v) is 7.70. The lowest BCUT2D eigenvalue weighted by Gasteiger charge is -2.37. The highest BCUT2D eigenvalue weighted by molar-refractivity contribution is 7.89. The van der Waals surface area contributed by atoms with E-state index in [1.54, 1.807) is 24.1 Å². The Kier molecular flexibility index (Phi) is 8.06. The quantitative estimate of drug-likeness (QED) is 0.639. The number of likely N-dealkylation sites (N-methyl/N-ethyl adjacent to an activating group) is 1. The van der Waals surface area contributed by atoms with Crippen molar-refractivity contribution in [3.8, 4) is 5.88 Å². The highest BCUT2D eigenvalue weighted by Crippen LogP contribution is 2.28. The van der Waals surface area contributed by atoms with Crippen LogP contribution in [0.1, 0.15) is 36.7 Å². The molecule has 1 aromatic heterocycles. The van der Waals surface area contributed by atoms with Gasteiger partial charge in [-0.2, -0.15) is 4.31 Å². The van der Waals surface area contributed by atoms with E-state index in [4.69, 9.17) is 4.74 Å². The Bertz CT molecular complexity index is 1150. The molecule has 0 saturated carbocycles. The third-order valence-electron chi connectivity index (χ3n) is 5.86. The van der Waals surface area contributed by atoms with Crippen LogP contribution in [0.15, 0.2) is 47.5 Å². The first-order valence-corrected chi connectivity index (χ1v) is 12.5. The van der Waals surface area contributed by atoms with Crippen LogP contribution in [-0.4, -0.2) is 72.5 Å². The van der Waals surface area contributed by atoms with Crippen LogP contribution in [0.3, 0.4) is 0 Å². The van der Waals surface area contributed by atoms with E-state index in [2.05, 4.69) is 4.98 Å². The Morgan fingerprint density at radius 1 is 1.35 bits per heavy atom. The second-order valence-corrected chi connectivity index (χ2v) is 10.5. The maximum absolute atomic E-state index is 13.3. The maximum Gasteiger partial charge on any atom is 0.259 e. The predicted molar refractivity (Wildman–Crippen MR) is 126 cm³/mol. The first-order chi connectivity index (χ1) is 16.1. The molecule has 10 heteroatoms. The molecule has 0 saturated heterocycles. The molecule has 1 aromatic carbocycles. The van der Waals surface area contributed by atoms with Gasteiger partial charge < -0.3 is 14.7 Å². The van der Waals surface area contributed by atoms with Crippen LogP contribution in [0.4, 0.5) is 4.39 Å². The number of amides is 1. The van der Waals surface area contributed by atoms with E-state index >= 15 is 0 Å². The van der Waals surface area contributed by atoms with Gasteiger partial charge in [-0.1, -0.05) is 19.1 Å². The summed E-state index contributed by atoms with van der Waals surface area (Å²) in [6.07, 6.45) is 4.57. The van der Waals surface area contributed by atoms with E-state index in [1.807, 2.05) is 26.0 Å². The number of benzene rings is 1. The van der Waals surface area contributed by atoms with Crippen LogP contribution >= 0.6 is 0 Å². The van der Waals surface area contributed by atoms with Crippen LogP contribution < -0.4 is 4.74 Å². The van der Waals surface area contributed by atoms with Crippen molar-refractivity contribution in [3.63, 3.8) is 0 Å². The van der Waals surface area contributed by atoms with E-state index < -0.39 is 28.0 Å². The van der Waals surface area contributed by atoms with Crippen molar-refractivity contribution in [1.29, 1.82) is 0 Å². The Balaban J connectivity index is 1.97. The molecule has 3 rings (SSSR count). The monoisotopic (exact) mass is 491 g/mol. The number of carbonyl (C=O) groups excluding carboxylic acids is 1. The van der Waals surface area contributed by atoms with Gasteiger partial charge in [0.1, 0.15) is 17.5 Å². The Labute approximate surface area is 199 Å². The summed E-state index contributed by atoms with van der Waals surface area (Å²) in [5.74, 6) is -1.01. The fourth-order valence-electron chi connectivity index (χ4n) is 3.76. The van der Waals surface area contributed by atoms with E-state index in [0.29, 0.717) is 0 Å². The molecule has 3 atom stereocenters. The minimum atomic E-state index is -3.90. The number of aromatic nitrogens is 1. The van der Waals surface area contributed by atoms with Gasteiger partial charge in [0.15, 0.2) is 0 Å². The standard InChI is InChI=1S/C24H30FN3O5S/c1-5-6-18-11-21-23(26-12-18)33-22(16(2)13-28(24(21)30)17(3)15-29)14-27(4)34(31,32)20-9-7-19(25)8-10-20/h5-12,16-17,22,29H,13-15H2,1-4H3/b6-5+/t16-,17+,22-/m1/s1. The van der Waals surface area contributed by atoms with E-state index in [9.17, 15) is 22.7 Å². The van der Waals surface area contributed by atoms with Gasteiger partial charge in [0.05, 0.1) is 24.1 Å². The smallest absolute Gasteiger partial charge is 0.259 e. The Morgan fingerprint density at radius 2 is 2.03 bits per heavy atom. The molecule has 1 N–H and O–H groups in total. The van der Waals surface area contributed by atoms with Crippen LogP contribution in [0.2, 0.25) is 0 Å². The topological polar surface area (TPSA) is 100 Å². The van der Waals surface area contributed by atoms with E-state index in [1.165, 1.54) is 19.2 Å². The Morgan fingerprint density at radius 3 is 2.65 bits per heavy atom. The van der Waals surface area contributed by atoms with Gasteiger partial charge in [-0.05, 0) is 49.7 Å². The first-order valence-electron chi connectivity index (χ1n) is 11.0. The SMILES string of the molecule is C/C=C/c1cnc2c(c1)C(=O)N([C@@H](C)CO)C[C@@H](C)[C@@H](CN(C)S(=O)(=O)c1ccc(F)cc1)O2. The van der Waals surface area contributed by atoms with Crippen molar-refractivity contribution in [2.75, 3.05) is 26.7 Å². The molecule has 0 unspecified atom stereocenters. The fraction of sp³-hybridized carbons (Fsp3) is 0.417.